The second kappa shape index (κ2) is 47.7. The summed E-state index contributed by atoms with van der Waals surface area (Å²) in [5.41, 5.74) is 0. The lowest BCUT2D eigenvalue weighted by atomic mass is 10.1. The quantitative estimate of drug-likeness (QED) is 0.0274. The van der Waals surface area contributed by atoms with Gasteiger partial charge >= 0.3 is 17.9 Å². The number of aromatic nitrogens is 3. The van der Waals surface area contributed by atoms with Crippen LogP contribution >= 0.6 is 0 Å². The van der Waals surface area contributed by atoms with E-state index >= 15 is 0 Å². The Morgan fingerprint density at radius 3 is 0.747 bits per heavy atom. The molecule has 0 radical (unpaired) electrons. The molecule has 0 fully saturated rings. The number of hydrogen-bond acceptors (Lipinski definition) is 12. The van der Waals surface area contributed by atoms with E-state index in [0.717, 1.165) is 57.8 Å². The van der Waals surface area contributed by atoms with Gasteiger partial charge in [-0.3, -0.25) is 14.4 Å². The topological polar surface area (TPSA) is 274 Å². The number of carboxylic acids is 3. The van der Waals surface area contributed by atoms with Crippen molar-refractivity contribution in [2.75, 3.05) is 35.6 Å². The Bertz CT molecular complexity index is 1460. The molecule has 0 aromatic carbocycles. The Morgan fingerprint density at radius 2 is 0.533 bits per heavy atom. The van der Waals surface area contributed by atoms with Gasteiger partial charge in [-0.2, -0.15) is 15.0 Å². The maximum Gasteiger partial charge on any atom is 0.326 e. The molecule has 18 heteroatoms. The van der Waals surface area contributed by atoms with Crippen molar-refractivity contribution in [1.29, 1.82) is 0 Å². The summed E-state index contributed by atoms with van der Waals surface area (Å²) in [5, 5.41) is 47.8. The zero-order valence-corrected chi connectivity index (χ0v) is 47.1. The molecule has 1 heterocycles. The number of amides is 3. The molecule has 0 aliphatic carbocycles. The van der Waals surface area contributed by atoms with Gasteiger partial charge in [0.25, 0.3) is 0 Å². The van der Waals surface area contributed by atoms with Gasteiger partial charge in [0.2, 0.25) is 35.6 Å². The van der Waals surface area contributed by atoms with Gasteiger partial charge in [-0.15, -0.1) is 0 Å². The zero-order valence-electron chi connectivity index (χ0n) is 47.1. The van der Waals surface area contributed by atoms with Crippen molar-refractivity contribution in [3.8, 4) is 0 Å². The first-order valence-corrected chi connectivity index (χ1v) is 29.9. The highest BCUT2D eigenvalue weighted by Crippen LogP contribution is 2.19. The number of carbonyl (C=O) groups excluding carboxylic acids is 3. The molecular formula is C57H105N9O9. The zero-order chi connectivity index (χ0) is 55.0. The van der Waals surface area contributed by atoms with Crippen LogP contribution in [0.15, 0.2) is 0 Å². The third-order valence-electron chi connectivity index (χ3n) is 13.7. The Kier molecular flexibility index (Phi) is 43.4. The Balaban J connectivity index is 2.86. The monoisotopic (exact) mass is 1060 g/mol. The molecule has 1 rings (SSSR count). The van der Waals surface area contributed by atoms with Gasteiger partial charge in [0, 0.05) is 38.9 Å². The number of nitrogens with one attached hydrogen (secondary N) is 6. The van der Waals surface area contributed by atoms with Crippen LogP contribution in [-0.2, 0) is 28.8 Å². The number of rotatable bonds is 54. The first kappa shape index (κ1) is 68.2. The van der Waals surface area contributed by atoms with Gasteiger partial charge in [-0.25, -0.2) is 14.4 Å². The van der Waals surface area contributed by atoms with Crippen LogP contribution in [-0.4, -0.2) is 104 Å². The fourth-order valence-corrected chi connectivity index (χ4v) is 8.97. The minimum Gasteiger partial charge on any atom is -0.480 e. The average Bonchev–Trinajstić information content (AvgIpc) is 3.37. The minimum absolute atomic E-state index is 0.0202. The lowest BCUT2D eigenvalue weighted by molar-refractivity contribution is -0.139. The molecule has 1 aromatic rings. The standard InChI is InChI=1S/C57H105N9O9/c1-4-7-10-13-16-19-22-25-28-40-49(67)58-43-34-31-37-46(52(70)71)61-55-64-56(62-47(53(72)73)38-32-35-44-59-50(68)41-29-26-23-20-17-14-11-8-5-2)66-57(65-55)63-48(54(74)75)39-33-36-45-60-51(69)42-30-27-24-21-18-15-12-9-6-3/h46-48H,4-45H2,1-3H3,(H,58,67)(H,59,68)(H,60,69)(H,70,71)(H,72,73)(H,74,75)(H3,61,62,63,64,65,66)/t46-,47-,48-/m0/s1. The number of aliphatic carboxylic acids is 3. The van der Waals surface area contributed by atoms with Crippen molar-refractivity contribution in [2.24, 2.45) is 0 Å². The van der Waals surface area contributed by atoms with E-state index in [4.69, 9.17) is 0 Å². The first-order chi connectivity index (χ1) is 36.4. The number of hydrogen-bond donors (Lipinski definition) is 9. The van der Waals surface area contributed by atoms with Crippen molar-refractivity contribution < 1.29 is 44.1 Å². The molecule has 0 bridgehead atoms. The predicted molar refractivity (Wildman–Crippen MR) is 301 cm³/mol. The van der Waals surface area contributed by atoms with Gasteiger partial charge < -0.3 is 47.2 Å². The van der Waals surface area contributed by atoms with E-state index in [1.807, 2.05) is 0 Å². The van der Waals surface area contributed by atoms with Crippen LogP contribution in [0.2, 0.25) is 0 Å². The van der Waals surface area contributed by atoms with Crippen molar-refractivity contribution in [3.63, 3.8) is 0 Å². The highest BCUT2D eigenvalue weighted by Gasteiger charge is 2.24. The molecule has 0 spiro atoms. The van der Waals surface area contributed by atoms with Crippen LogP contribution in [0, 0.1) is 0 Å². The highest BCUT2D eigenvalue weighted by molar-refractivity contribution is 5.79. The number of carboxylic acid groups (broad SMARTS) is 3. The molecule has 0 aliphatic rings. The van der Waals surface area contributed by atoms with E-state index in [1.165, 1.54) is 116 Å². The fraction of sp³-hybridized carbons (Fsp3) is 0.842. The molecular weight excluding hydrogens is 955 g/mol. The Hall–Kier alpha value is -4.77. The van der Waals surface area contributed by atoms with Crippen molar-refractivity contribution in [2.45, 2.75) is 289 Å². The summed E-state index contributed by atoms with van der Waals surface area (Å²) in [6.07, 6.45) is 36.3. The van der Waals surface area contributed by atoms with Crippen LogP contribution in [0.5, 0.6) is 0 Å². The van der Waals surface area contributed by atoms with E-state index in [1.54, 1.807) is 0 Å². The summed E-state index contributed by atoms with van der Waals surface area (Å²) in [4.78, 5) is 87.7. The van der Waals surface area contributed by atoms with Crippen LogP contribution in [0.4, 0.5) is 17.8 Å². The van der Waals surface area contributed by atoms with E-state index < -0.39 is 36.0 Å². The molecule has 75 heavy (non-hydrogen) atoms. The lowest BCUT2D eigenvalue weighted by Gasteiger charge is -2.19. The number of carbonyl (C=O) groups is 6. The van der Waals surface area contributed by atoms with E-state index in [2.05, 4.69) is 67.6 Å². The highest BCUT2D eigenvalue weighted by atomic mass is 16.4. The number of nitrogens with zero attached hydrogens (tertiary/aromatic N) is 3. The molecule has 9 N–H and O–H groups in total. The molecule has 0 saturated heterocycles. The molecule has 1 aromatic heterocycles. The van der Waals surface area contributed by atoms with Crippen molar-refractivity contribution >= 4 is 53.5 Å². The van der Waals surface area contributed by atoms with E-state index in [9.17, 15) is 44.1 Å². The second-order valence-corrected chi connectivity index (χ2v) is 20.7. The summed E-state index contributed by atoms with van der Waals surface area (Å²) < 4.78 is 0. The van der Waals surface area contributed by atoms with Gasteiger partial charge in [-0.05, 0) is 77.0 Å². The second-order valence-electron chi connectivity index (χ2n) is 20.7. The molecule has 432 valence electrons. The molecule has 0 saturated carbocycles. The number of anilines is 3. The molecule has 0 aliphatic heterocycles. The van der Waals surface area contributed by atoms with Gasteiger partial charge in [0.1, 0.15) is 18.1 Å². The fourth-order valence-electron chi connectivity index (χ4n) is 8.97. The van der Waals surface area contributed by atoms with Crippen molar-refractivity contribution in [1.82, 2.24) is 30.9 Å². The Morgan fingerprint density at radius 1 is 0.320 bits per heavy atom. The summed E-state index contributed by atoms with van der Waals surface area (Å²) >= 11 is 0. The van der Waals surface area contributed by atoms with Gasteiger partial charge in [-0.1, -0.05) is 175 Å². The van der Waals surface area contributed by atoms with Crippen LogP contribution in [0.3, 0.4) is 0 Å². The SMILES string of the molecule is CCCCCCCCCCCC(=O)NCCCC[C@H](Nc1nc(N[C@@H](CCCCNC(=O)CCCCCCCCCCC)C(=O)O)nc(N[C@@H](CCCCNC(=O)CCCCCCCCCCC)C(=O)O)n1)C(=O)O. The average molecular weight is 1060 g/mol. The lowest BCUT2D eigenvalue weighted by Crippen LogP contribution is -2.34. The third-order valence-corrected chi connectivity index (χ3v) is 13.7. The number of unbranched alkanes of at least 4 members (excludes halogenated alkanes) is 27. The Labute approximate surface area is 451 Å². The molecule has 3 atom stereocenters. The van der Waals surface area contributed by atoms with Gasteiger partial charge in [0.15, 0.2) is 0 Å². The van der Waals surface area contributed by atoms with E-state index in [0.29, 0.717) is 77.4 Å². The van der Waals surface area contributed by atoms with Crippen molar-refractivity contribution in [3.05, 3.63) is 0 Å². The first-order valence-electron chi connectivity index (χ1n) is 29.9. The van der Waals surface area contributed by atoms with Crippen LogP contribution in [0.25, 0.3) is 0 Å². The third kappa shape index (κ3) is 40.2. The van der Waals surface area contributed by atoms with Crippen LogP contribution in [0.1, 0.15) is 271 Å². The van der Waals surface area contributed by atoms with Gasteiger partial charge in [0.05, 0.1) is 0 Å². The summed E-state index contributed by atoms with van der Waals surface area (Å²) in [5.74, 6) is -4.20. The molecule has 18 nitrogen and oxygen atoms in total. The van der Waals surface area contributed by atoms with Crippen LogP contribution < -0.4 is 31.9 Å². The molecule has 3 amide bonds. The summed E-state index contributed by atoms with van der Waals surface area (Å²) in [6.45, 7) is 7.84. The minimum atomic E-state index is -1.18. The maximum atomic E-state index is 12.5. The normalized spacial score (nSPS) is 12.4. The summed E-state index contributed by atoms with van der Waals surface area (Å²) in [7, 11) is 0. The predicted octanol–water partition coefficient (Wildman–Crippen LogP) is 12.1. The molecule has 0 unspecified atom stereocenters. The van der Waals surface area contributed by atoms with E-state index in [-0.39, 0.29) is 54.8 Å². The maximum absolute atomic E-state index is 12.5. The smallest absolute Gasteiger partial charge is 0.326 e. The largest absolute Gasteiger partial charge is 0.480 e. The summed E-state index contributed by atoms with van der Waals surface area (Å²) in [6, 6.07) is -3.49.